The van der Waals surface area contributed by atoms with Gasteiger partial charge in [-0.25, -0.2) is 4.98 Å². The van der Waals surface area contributed by atoms with E-state index in [0.29, 0.717) is 19.2 Å². The van der Waals surface area contributed by atoms with Crippen LogP contribution in [0.2, 0.25) is 0 Å². The zero-order valence-electron chi connectivity index (χ0n) is 11.1. The molecule has 2 rings (SSSR count). The number of hydrogen-bond acceptors (Lipinski definition) is 4. The van der Waals surface area contributed by atoms with Crippen molar-refractivity contribution in [3.05, 3.63) is 23.9 Å². The number of pyridine rings is 1. The monoisotopic (exact) mass is 290 g/mol. The van der Waals surface area contributed by atoms with Crippen molar-refractivity contribution in [3.63, 3.8) is 0 Å². The molecule has 0 radical (unpaired) electrons. The second-order valence-corrected chi connectivity index (χ2v) is 4.66. The van der Waals surface area contributed by atoms with Gasteiger partial charge >= 0.3 is 6.18 Å². The summed E-state index contributed by atoms with van der Waals surface area (Å²) in [5.41, 5.74) is -0.778. The minimum atomic E-state index is -4.37. The Morgan fingerprint density at radius 3 is 2.80 bits per heavy atom. The zero-order valence-corrected chi connectivity index (χ0v) is 11.1. The van der Waals surface area contributed by atoms with E-state index in [1.165, 1.54) is 6.07 Å². The molecule has 0 amide bonds. The van der Waals surface area contributed by atoms with Gasteiger partial charge in [-0.05, 0) is 19.4 Å². The summed E-state index contributed by atoms with van der Waals surface area (Å²) in [5.74, 6) is 0.190. The van der Waals surface area contributed by atoms with Crippen LogP contribution in [0.15, 0.2) is 18.3 Å². The molecule has 1 aromatic heterocycles. The number of nitrogens with zero attached hydrogens (tertiary/aromatic N) is 1. The minimum Gasteiger partial charge on any atom is -0.476 e. The van der Waals surface area contributed by atoms with E-state index in [9.17, 15) is 13.2 Å². The Kier molecular flexibility index (Phi) is 4.82. The fourth-order valence-corrected chi connectivity index (χ4v) is 2.03. The number of hydrogen-bond donors (Lipinski definition) is 1. The van der Waals surface area contributed by atoms with Crippen LogP contribution < -0.4 is 10.1 Å². The topological polar surface area (TPSA) is 43.4 Å². The summed E-state index contributed by atoms with van der Waals surface area (Å²) in [5, 5.41) is 3.28. The molecule has 2 unspecified atom stereocenters. The van der Waals surface area contributed by atoms with Crippen LogP contribution in [-0.4, -0.2) is 36.9 Å². The molecular formula is C13H17F3N2O2. The third-order valence-corrected chi connectivity index (χ3v) is 3.20. The second-order valence-electron chi connectivity index (χ2n) is 4.66. The molecular weight excluding hydrogens is 273 g/mol. The van der Waals surface area contributed by atoms with E-state index in [-0.39, 0.29) is 12.0 Å². The fraction of sp³-hybridized carbons (Fsp3) is 0.615. The van der Waals surface area contributed by atoms with Crippen molar-refractivity contribution in [2.24, 2.45) is 0 Å². The van der Waals surface area contributed by atoms with Crippen molar-refractivity contribution < 1.29 is 22.6 Å². The highest BCUT2D eigenvalue weighted by atomic mass is 19.4. The number of aromatic nitrogens is 1. The van der Waals surface area contributed by atoms with Gasteiger partial charge in [-0.2, -0.15) is 13.2 Å². The predicted octanol–water partition coefficient (Wildman–Crippen LogP) is 2.25. The Morgan fingerprint density at radius 2 is 2.25 bits per heavy atom. The molecule has 7 heteroatoms. The lowest BCUT2D eigenvalue weighted by Gasteiger charge is -2.16. The van der Waals surface area contributed by atoms with Crippen LogP contribution in [0.3, 0.4) is 0 Å². The molecule has 2 heterocycles. The highest BCUT2D eigenvalue weighted by Gasteiger charge is 2.30. The van der Waals surface area contributed by atoms with Crippen molar-refractivity contribution >= 4 is 0 Å². The molecule has 1 saturated heterocycles. The normalized spacial score (nSPS) is 23.0. The average Bonchev–Trinajstić information content (AvgIpc) is 2.80. The van der Waals surface area contributed by atoms with Crippen LogP contribution in [0.25, 0.3) is 0 Å². The SMILES string of the molecule is CC1OCCC1NCCOc1ccc(C(F)(F)F)cn1. The maximum absolute atomic E-state index is 12.3. The summed E-state index contributed by atoms with van der Waals surface area (Å²) >= 11 is 0. The summed E-state index contributed by atoms with van der Waals surface area (Å²) < 4.78 is 47.7. The van der Waals surface area contributed by atoms with E-state index in [1.807, 2.05) is 6.92 Å². The third kappa shape index (κ3) is 4.08. The van der Waals surface area contributed by atoms with Crippen molar-refractivity contribution in [3.8, 4) is 5.88 Å². The Hall–Kier alpha value is -1.34. The fourth-order valence-electron chi connectivity index (χ4n) is 2.03. The molecule has 2 atom stereocenters. The van der Waals surface area contributed by atoms with Crippen LogP contribution in [0.4, 0.5) is 13.2 Å². The molecule has 20 heavy (non-hydrogen) atoms. The first-order chi connectivity index (χ1) is 9.47. The van der Waals surface area contributed by atoms with Crippen LogP contribution >= 0.6 is 0 Å². The van der Waals surface area contributed by atoms with E-state index >= 15 is 0 Å². The van der Waals surface area contributed by atoms with Gasteiger partial charge in [0.25, 0.3) is 0 Å². The second kappa shape index (κ2) is 6.41. The molecule has 0 spiro atoms. The zero-order chi connectivity index (χ0) is 14.6. The van der Waals surface area contributed by atoms with E-state index in [0.717, 1.165) is 25.3 Å². The summed E-state index contributed by atoms with van der Waals surface area (Å²) in [6.45, 7) is 3.70. The molecule has 1 aromatic rings. The Morgan fingerprint density at radius 1 is 1.45 bits per heavy atom. The summed E-state index contributed by atoms with van der Waals surface area (Å²) in [4.78, 5) is 3.63. The predicted molar refractivity (Wildman–Crippen MR) is 66.6 cm³/mol. The molecule has 0 saturated carbocycles. The molecule has 1 fully saturated rings. The van der Waals surface area contributed by atoms with Crippen LogP contribution in [0.5, 0.6) is 5.88 Å². The van der Waals surface area contributed by atoms with Crippen LogP contribution in [0.1, 0.15) is 18.9 Å². The van der Waals surface area contributed by atoms with Gasteiger partial charge in [-0.15, -0.1) is 0 Å². The lowest BCUT2D eigenvalue weighted by Crippen LogP contribution is -2.37. The highest BCUT2D eigenvalue weighted by Crippen LogP contribution is 2.29. The first-order valence-electron chi connectivity index (χ1n) is 6.48. The van der Waals surface area contributed by atoms with Gasteiger partial charge in [0.05, 0.1) is 11.7 Å². The first kappa shape index (κ1) is 15.1. The van der Waals surface area contributed by atoms with Crippen molar-refractivity contribution in [2.45, 2.75) is 31.7 Å². The molecule has 1 N–H and O–H groups in total. The Balaban J connectivity index is 1.71. The Labute approximate surface area is 115 Å². The minimum absolute atomic E-state index is 0.180. The average molecular weight is 290 g/mol. The Bertz CT molecular complexity index is 423. The van der Waals surface area contributed by atoms with Gasteiger partial charge in [-0.1, -0.05) is 0 Å². The van der Waals surface area contributed by atoms with E-state index in [2.05, 4.69) is 10.3 Å². The van der Waals surface area contributed by atoms with Crippen molar-refractivity contribution in [1.82, 2.24) is 10.3 Å². The molecule has 4 nitrogen and oxygen atoms in total. The maximum atomic E-state index is 12.3. The first-order valence-corrected chi connectivity index (χ1v) is 6.48. The van der Waals surface area contributed by atoms with Crippen LogP contribution in [0, 0.1) is 0 Å². The quantitative estimate of drug-likeness (QED) is 0.845. The smallest absolute Gasteiger partial charge is 0.417 e. The molecule has 112 valence electrons. The lowest BCUT2D eigenvalue weighted by molar-refractivity contribution is -0.137. The number of halogens is 3. The molecule has 1 aliphatic rings. The molecule has 1 aliphatic heterocycles. The number of rotatable bonds is 5. The van der Waals surface area contributed by atoms with Gasteiger partial charge < -0.3 is 14.8 Å². The van der Waals surface area contributed by atoms with Crippen molar-refractivity contribution in [2.75, 3.05) is 19.8 Å². The van der Waals surface area contributed by atoms with Gasteiger partial charge in [0, 0.05) is 31.5 Å². The van der Waals surface area contributed by atoms with E-state index in [4.69, 9.17) is 9.47 Å². The molecule has 0 aliphatic carbocycles. The standard InChI is InChI=1S/C13H17F3N2O2/c1-9-11(4-6-19-9)17-5-7-20-12-3-2-10(8-18-12)13(14,15)16/h2-3,8-9,11,17H,4-7H2,1H3. The number of alkyl halides is 3. The third-order valence-electron chi connectivity index (χ3n) is 3.20. The van der Waals surface area contributed by atoms with E-state index < -0.39 is 11.7 Å². The van der Waals surface area contributed by atoms with Gasteiger partial charge in [0.2, 0.25) is 5.88 Å². The van der Waals surface area contributed by atoms with Crippen LogP contribution in [-0.2, 0) is 10.9 Å². The van der Waals surface area contributed by atoms with Gasteiger partial charge in [0.1, 0.15) is 6.61 Å². The van der Waals surface area contributed by atoms with Gasteiger partial charge in [0.15, 0.2) is 0 Å². The highest BCUT2D eigenvalue weighted by molar-refractivity contribution is 5.20. The molecule has 0 aromatic carbocycles. The summed E-state index contributed by atoms with van der Waals surface area (Å²) in [7, 11) is 0. The molecule has 0 bridgehead atoms. The van der Waals surface area contributed by atoms with E-state index in [1.54, 1.807) is 0 Å². The largest absolute Gasteiger partial charge is 0.476 e. The number of ether oxygens (including phenoxy) is 2. The summed E-state index contributed by atoms with van der Waals surface area (Å²) in [6.07, 6.45) is -2.46. The van der Waals surface area contributed by atoms with Crippen molar-refractivity contribution in [1.29, 1.82) is 0 Å². The van der Waals surface area contributed by atoms with Gasteiger partial charge in [-0.3, -0.25) is 0 Å². The lowest BCUT2D eigenvalue weighted by atomic mass is 10.1. The number of nitrogens with one attached hydrogen (secondary N) is 1. The maximum Gasteiger partial charge on any atom is 0.417 e. The summed E-state index contributed by atoms with van der Waals surface area (Å²) in [6, 6.07) is 2.49.